The summed E-state index contributed by atoms with van der Waals surface area (Å²) in [5, 5.41) is 3.29. The zero-order valence-corrected chi connectivity index (χ0v) is 11.2. The maximum Gasteiger partial charge on any atom is 0.573 e. The summed E-state index contributed by atoms with van der Waals surface area (Å²) in [6, 6.07) is 6.22. The van der Waals surface area contributed by atoms with Gasteiger partial charge in [0.05, 0.1) is 0 Å². The van der Waals surface area contributed by atoms with E-state index in [9.17, 15) is 13.2 Å². The van der Waals surface area contributed by atoms with Gasteiger partial charge in [0.15, 0.2) is 11.5 Å². The highest BCUT2D eigenvalue weighted by molar-refractivity contribution is 5.39. The van der Waals surface area contributed by atoms with E-state index in [4.69, 9.17) is 4.74 Å². The van der Waals surface area contributed by atoms with Crippen LogP contribution in [0, 0.1) is 5.92 Å². The van der Waals surface area contributed by atoms with Gasteiger partial charge in [-0.2, -0.15) is 0 Å². The van der Waals surface area contributed by atoms with Crippen LogP contribution in [0.15, 0.2) is 24.3 Å². The van der Waals surface area contributed by atoms with E-state index in [0.29, 0.717) is 19.2 Å². The van der Waals surface area contributed by atoms with E-state index in [1.54, 1.807) is 6.07 Å². The molecule has 0 aliphatic heterocycles. The molecule has 20 heavy (non-hydrogen) atoms. The van der Waals surface area contributed by atoms with Gasteiger partial charge < -0.3 is 14.8 Å². The van der Waals surface area contributed by atoms with Gasteiger partial charge in [0.1, 0.15) is 6.61 Å². The van der Waals surface area contributed by atoms with Crippen molar-refractivity contribution in [3.8, 4) is 11.5 Å². The lowest BCUT2D eigenvalue weighted by atomic mass is 10.2. The third kappa shape index (κ3) is 4.92. The third-order valence-corrected chi connectivity index (χ3v) is 3.23. The van der Waals surface area contributed by atoms with Gasteiger partial charge in [-0.05, 0) is 37.8 Å². The van der Waals surface area contributed by atoms with Crippen LogP contribution in [-0.4, -0.2) is 25.6 Å². The number of ether oxygens (including phenoxy) is 2. The Labute approximate surface area is 116 Å². The first kappa shape index (κ1) is 15.0. The Morgan fingerprint density at radius 2 is 1.90 bits per heavy atom. The first-order chi connectivity index (χ1) is 9.46. The second kappa shape index (κ2) is 6.35. The summed E-state index contributed by atoms with van der Waals surface area (Å²) in [6.07, 6.45) is -2.22. The number of hydrogen-bond acceptors (Lipinski definition) is 3. The lowest BCUT2D eigenvalue weighted by molar-refractivity contribution is -0.275. The van der Waals surface area contributed by atoms with Gasteiger partial charge >= 0.3 is 6.36 Å². The molecule has 1 fully saturated rings. The fourth-order valence-corrected chi connectivity index (χ4v) is 1.99. The summed E-state index contributed by atoms with van der Waals surface area (Å²) in [7, 11) is 0. The second-order valence-corrected chi connectivity index (χ2v) is 4.92. The second-order valence-electron chi connectivity index (χ2n) is 4.92. The van der Waals surface area contributed by atoms with E-state index in [1.165, 1.54) is 31.0 Å². The summed E-state index contributed by atoms with van der Waals surface area (Å²) in [6.45, 7) is 3.01. The Balaban J connectivity index is 1.79. The molecule has 0 aromatic heterocycles. The minimum Gasteiger partial charge on any atom is -0.488 e. The minimum atomic E-state index is -4.71. The van der Waals surface area contributed by atoms with Crippen LogP contribution in [0.1, 0.15) is 19.8 Å². The highest BCUT2D eigenvalue weighted by Crippen LogP contribution is 2.33. The Bertz CT molecular complexity index is 433. The third-order valence-electron chi connectivity index (χ3n) is 3.23. The number of halogens is 3. The highest BCUT2D eigenvalue weighted by atomic mass is 19.4. The molecule has 112 valence electrons. The van der Waals surface area contributed by atoms with Crippen LogP contribution in [0.5, 0.6) is 11.5 Å². The van der Waals surface area contributed by atoms with Gasteiger partial charge in [0.2, 0.25) is 0 Å². The van der Waals surface area contributed by atoms with Crippen LogP contribution < -0.4 is 14.8 Å². The molecular formula is C14H18F3NO2. The monoisotopic (exact) mass is 289 g/mol. The molecule has 1 unspecified atom stereocenters. The molecule has 2 rings (SSSR count). The molecule has 0 radical (unpaired) electrons. The Morgan fingerprint density at radius 3 is 2.50 bits per heavy atom. The standard InChI is InChI=1S/C14H18F3NO2/c1-10(11-6-7-11)18-8-9-19-12-4-2-3-5-13(12)20-14(15,16)17/h2-5,10-11,18H,6-9H2,1H3. The topological polar surface area (TPSA) is 30.5 Å². The Morgan fingerprint density at radius 1 is 1.25 bits per heavy atom. The number of nitrogens with one attached hydrogen (secondary N) is 1. The molecule has 0 saturated heterocycles. The van der Waals surface area contributed by atoms with Crippen LogP contribution in [0.2, 0.25) is 0 Å². The van der Waals surface area contributed by atoms with Crippen molar-refractivity contribution in [3.63, 3.8) is 0 Å². The van der Waals surface area contributed by atoms with Crippen LogP contribution in [0.25, 0.3) is 0 Å². The average Bonchev–Trinajstić information content (AvgIpc) is 3.18. The van der Waals surface area contributed by atoms with Gasteiger partial charge in [-0.25, -0.2) is 0 Å². The predicted molar refractivity (Wildman–Crippen MR) is 68.8 cm³/mol. The molecule has 1 N–H and O–H groups in total. The molecular weight excluding hydrogens is 271 g/mol. The fourth-order valence-electron chi connectivity index (χ4n) is 1.99. The summed E-state index contributed by atoms with van der Waals surface area (Å²) >= 11 is 0. The zero-order chi connectivity index (χ0) is 14.6. The van der Waals surface area contributed by atoms with Gasteiger partial charge in [0, 0.05) is 12.6 Å². The molecule has 0 spiro atoms. The van der Waals surface area contributed by atoms with Crippen molar-refractivity contribution in [2.24, 2.45) is 5.92 Å². The number of rotatable bonds is 7. The van der Waals surface area contributed by atoms with Crippen LogP contribution >= 0.6 is 0 Å². The lowest BCUT2D eigenvalue weighted by Crippen LogP contribution is -2.31. The molecule has 0 heterocycles. The van der Waals surface area contributed by atoms with Gasteiger partial charge in [-0.1, -0.05) is 12.1 Å². The normalized spacial score (nSPS) is 16.8. The Hall–Kier alpha value is -1.43. The molecule has 6 heteroatoms. The number of hydrogen-bond donors (Lipinski definition) is 1. The molecule has 3 nitrogen and oxygen atoms in total. The van der Waals surface area contributed by atoms with E-state index in [0.717, 1.165) is 5.92 Å². The Kier molecular flexibility index (Phi) is 4.75. The summed E-state index contributed by atoms with van der Waals surface area (Å²) in [4.78, 5) is 0. The first-order valence-electron chi connectivity index (χ1n) is 6.66. The SMILES string of the molecule is CC(NCCOc1ccccc1OC(F)(F)F)C1CC1. The van der Waals surface area contributed by atoms with Crippen molar-refractivity contribution < 1.29 is 22.6 Å². The summed E-state index contributed by atoms with van der Waals surface area (Å²) in [5.41, 5.74) is 0. The summed E-state index contributed by atoms with van der Waals surface area (Å²) in [5.74, 6) is 0.525. The average molecular weight is 289 g/mol. The van der Waals surface area contributed by atoms with Crippen molar-refractivity contribution in [1.29, 1.82) is 0 Å². The molecule has 1 atom stereocenters. The van der Waals surface area contributed by atoms with Crippen LogP contribution in [0.3, 0.4) is 0 Å². The molecule has 1 saturated carbocycles. The molecule has 1 aromatic rings. The van der Waals surface area contributed by atoms with Crippen molar-refractivity contribution >= 4 is 0 Å². The number of para-hydroxylation sites is 2. The molecule has 1 aliphatic rings. The maximum absolute atomic E-state index is 12.2. The van der Waals surface area contributed by atoms with E-state index in [2.05, 4.69) is 17.0 Å². The number of benzene rings is 1. The van der Waals surface area contributed by atoms with E-state index in [-0.39, 0.29) is 11.5 Å². The van der Waals surface area contributed by atoms with Crippen LogP contribution in [-0.2, 0) is 0 Å². The van der Waals surface area contributed by atoms with Gasteiger partial charge in [-0.3, -0.25) is 0 Å². The molecule has 1 aliphatic carbocycles. The van der Waals surface area contributed by atoms with Crippen molar-refractivity contribution in [2.75, 3.05) is 13.2 Å². The van der Waals surface area contributed by atoms with Crippen molar-refractivity contribution in [1.82, 2.24) is 5.32 Å². The number of alkyl halides is 3. The molecule has 1 aromatic carbocycles. The fraction of sp³-hybridized carbons (Fsp3) is 0.571. The minimum absolute atomic E-state index is 0.103. The summed E-state index contributed by atoms with van der Waals surface area (Å²) < 4.78 is 45.9. The van der Waals surface area contributed by atoms with Crippen molar-refractivity contribution in [2.45, 2.75) is 32.2 Å². The van der Waals surface area contributed by atoms with E-state index < -0.39 is 6.36 Å². The van der Waals surface area contributed by atoms with Gasteiger partial charge in [-0.15, -0.1) is 13.2 Å². The first-order valence-corrected chi connectivity index (χ1v) is 6.66. The lowest BCUT2D eigenvalue weighted by Gasteiger charge is -2.15. The zero-order valence-electron chi connectivity index (χ0n) is 11.2. The van der Waals surface area contributed by atoms with Crippen molar-refractivity contribution in [3.05, 3.63) is 24.3 Å². The molecule has 0 amide bonds. The predicted octanol–water partition coefficient (Wildman–Crippen LogP) is 3.35. The van der Waals surface area contributed by atoms with E-state index >= 15 is 0 Å². The van der Waals surface area contributed by atoms with Gasteiger partial charge in [0.25, 0.3) is 0 Å². The molecule has 0 bridgehead atoms. The quantitative estimate of drug-likeness (QED) is 0.781. The van der Waals surface area contributed by atoms with Crippen LogP contribution in [0.4, 0.5) is 13.2 Å². The highest BCUT2D eigenvalue weighted by Gasteiger charge is 2.32. The largest absolute Gasteiger partial charge is 0.573 e. The smallest absolute Gasteiger partial charge is 0.488 e. The van der Waals surface area contributed by atoms with E-state index in [1.807, 2.05) is 0 Å². The maximum atomic E-state index is 12.2.